The van der Waals surface area contributed by atoms with Gasteiger partial charge in [0.25, 0.3) is 0 Å². The molecular weight excluding hydrogens is 224 g/mol. The number of ether oxygens (including phenoxy) is 1. The summed E-state index contributed by atoms with van der Waals surface area (Å²) in [6, 6.07) is 8.65. The number of hydrogen-bond donors (Lipinski definition) is 1. The maximum Gasteiger partial charge on any atom is 0.118 e. The molecule has 2 atom stereocenters. The van der Waals surface area contributed by atoms with Crippen LogP contribution in [0.5, 0.6) is 5.75 Å². The average molecular weight is 248 g/mol. The van der Waals surface area contributed by atoms with Gasteiger partial charge in [-0.3, -0.25) is 4.90 Å². The van der Waals surface area contributed by atoms with E-state index in [0.717, 1.165) is 24.8 Å². The zero-order valence-corrected chi connectivity index (χ0v) is 11.4. The molecule has 1 heterocycles. The van der Waals surface area contributed by atoms with Crippen molar-refractivity contribution in [2.24, 2.45) is 11.7 Å². The molecule has 1 aliphatic rings. The van der Waals surface area contributed by atoms with E-state index in [1.807, 2.05) is 12.1 Å². The SMILES string of the molecule is COc1ccc([C@@H](CN)N2CCC[C@H](C)C2)cc1. The highest BCUT2D eigenvalue weighted by Crippen LogP contribution is 2.27. The first-order valence-corrected chi connectivity index (χ1v) is 6.82. The first-order valence-electron chi connectivity index (χ1n) is 6.82. The molecule has 3 heteroatoms. The van der Waals surface area contributed by atoms with Crippen LogP contribution in [0.1, 0.15) is 31.4 Å². The van der Waals surface area contributed by atoms with Gasteiger partial charge in [0.05, 0.1) is 7.11 Å². The van der Waals surface area contributed by atoms with E-state index in [4.69, 9.17) is 10.5 Å². The smallest absolute Gasteiger partial charge is 0.118 e. The van der Waals surface area contributed by atoms with E-state index in [1.54, 1.807) is 7.11 Å². The second kappa shape index (κ2) is 6.21. The number of hydrogen-bond acceptors (Lipinski definition) is 3. The third-order valence-electron chi connectivity index (χ3n) is 3.85. The van der Waals surface area contributed by atoms with Crippen molar-refractivity contribution in [3.63, 3.8) is 0 Å². The lowest BCUT2D eigenvalue weighted by Crippen LogP contribution is -2.40. The molecule has 0 spiro atoms. The molecule has 2 N–H and O–H groups in total. The molecule has 1 fully saturated rings. The number of likely N-dealkylation sites (tertiary alicyclic amines) is 1. The summed E-state index contributed by atoms with van der Waals surface area (Å²) in [5, 5.41) is 0. The number of benzene rings is 1. The Kier molecular flexibility index (Phi) is 4.61. The van der Waals surface area contributed by atoms with Gasteiger partial charge >= 0.3 is 0 Å². The number of methoxy groups -OCH3 is 1. The molecule has 0 saturated carbocycles. The lowest BCUT2D eigenvalue weighted by Gasteiger charge is -2.37. The molecule has 0 aromatic heterocycles. The first kappa shape index (κ1) is 13.4. The van der Waals surface area contributed by atoms with Crippen molar-refractivity contribution in [1.82, 2.24) is 4.90 Å². The van der Waals surface area contributed by atoms with Gasteiger partial charge in [0.2, 0.25) is 0 Å². The second-order valence-electron chi connectivity index (χ2n) is 5.27. The molecule has 1 aliphatic heterocycles. The summed E-state index contributed by atoms with van der Waals surface area (Å²) in [6.45, 7) is 5.33. The van der Waals surface area contributed by atoms with Gasteiger partial charge in [-0.2, -0.15) is 0 Å². The minimum Gasteiger partial charge on any atom is -0.497 e. The summed E-state index contributed by atoms with van der Waals surface area (Å²) in [4.78, 5) is 2.52. The molecule has 1 aromatic carbocycles. The fourth-order valence-corrected chi connectivity index (χ4v) is 2.83. The third kappa shape index (κ3) is 3.03. The Balaban J connectivity index is 2.11. The van der Waals surface area contributed by atoms with E-state index in [1.165, 1.54) is 18.4 Å². The zero-order chi connectivity index (χ0) is 13.0. The summed E-state index contributed by atoms with van der Waals surface area (Å²) < 4.78 is 5.20. The molecule has 0 amide bonds. The Bertz CT molecular complexity index is 363. The van der Waals surface area contributed by atoms with Gasteiger partial charge < -0.3 is 10.5 Å². The van der Waals surface area contributed by atoms with E-state index < -0.39 is 0 Å². The van der Waals surface area contributed by atoms with Crippen LogP contribution in [-0.2, 0) is 0 Å². The summed E-state index contributed by atoms with van der Waals surface area (Å²) in [5.41, 5.74) is 7.28. The topological polar surface area (TPSA) is 38.5 Å². The fraction of sp³-hybridized carbons (Fsp3) is 0.600. The summed E-state index contributed by atoms with van der Waals surface area (Å²) >= 11 is 0. The summed E-state index contributed by atoms with van der Waals surface area (Å²) in [5.74, 6) is 1.69. The highest BCUT2D eigenvalue weighted by molar-refractivity contribution is 5.29. The van der Waals surface area contributed by atoms with Crippen molar-refractivity contribution >= 4 is 0 Å². The number of nitrogens with zero attached hydrogens (tertiary/aromatic N) is 1. The molecule has 18 heavy (non-hydrogen) atoms. The van der Waals surface area contributed by atoms with Crippen LogP contribution in [0.3, 0.4) is 0 Å². The predicted octanol–water partition coefficient (Wildman–Crippen LogP) is 2.43. The van der Waals surface area contributed by atoms with Gasteiger partial charge in [-0.05, 0) is 43.0 Å². The van der Waals surface area contributed by atoms with Crippen LogP contribution >= 0.6 is 0 Å². The van der Waals surface area contributed by atoms with Crippen molar-refractivity contribution in [3.8, 4) is 5.75 Å². The van der Waals surface area contributed by atoms with E-state index in [-0.39, 0.29) is 0 Å². The fourth-order valence-electron chi connectivity index (χ4n) is 2.83. The van der Waals surface area contributed by atoms with Crippen molar-refractivity contribution in [2.45, 2.75) is 25.8 Å². The standard InChI is InChI=1S/C15H24N2O/c1-12-4-3-9-17(11-12)15(10-16)13-5-7-14(18-2)8-6-13/h5-8,12,15H,3-4,9-11,16H2,1-2H3/t12-,15+/m0/s1. The lowest BCUT2D eigenvalue weighted by molar-refractivity contribution is 0.133. The van der Waals surface area contributed by atoms with Crippen LogP contribution in [0.15, 0.2) is 24.3 Å². The average Bonchev–Trinajstić information content (AvgIpc) is 2.40. The van der Waals surface area contributed by atoms with E-state index in [2.05, 4.69) is 24.0 Å². The number of piperidine rings is 1. The minimum atomic E-state index is 0.346. The van der Waals surface area contributed by atoms with Crippen molar-refractivity contribution in [3.05, 3.63) is 29.8 Å². The normalized spacial score (nSPS) is 22.7. The molecule has 1 aromatic rings. The third-order valence-corrected chi connectivity index (χ3v) is 3.85. The molecule has 100 valence electrons. The maximum atomic E-state index is 5.98. The van der Waals surface area contributed by atoms with Crippen LogP contribution in [0.4, 0.5) is 0 Å². The van der Waals surface area contributed by atoms with Crippen LogP contribution in [0.25, 0.3) is 0 Å². The molecule has 0 bridgehead atoms. The van der Waals surface area contributed by atoms with Gasteiger partial charge in [-0.1, -0.05) is 19.1 Å². The predicted molar refractivity (Wildman–Crippen MR) is 74.8 cm³/mol. The van der Waals surface area contributed by atoms with E-state index in [0.29, 0.717) is 12.6 Å². The second-order valence-corrected chi connectivity index (χ2v) is 5.27. The summed E-state index contributed by atoms with van der Waals surface area (Å²) in [7, 11) is 1.70. The van der Waals surface area contributed by atoms with E-state index in [9.17, 15) is 0 Å². The Morgan fingerprint density at radius 1 is 1.39 bits per heavy atom. The molecule has 2 rings (SSSR count). The van der Waals surface area contributed by atoms with Crippen LogP contribution < -0.4 is 10.5 Å². The molecule has 0 radical (unpaired) electrons. The van der Waals surface area contributed by atoms with Gasteiger partial charge in [0, 0.05) is 19.1 Å². The van der Waals surface area contributed by atoms with Crippen molar-refractivity contribution < 1.29 is 4.74 Å². The van der Waals surface area contributed by atoms with Gasteiger partial charge in [0.1, 0.15) is 5.75 Å². The van der Waals surface area contributed by atoms with Gasteiger partial charge in [0.15, 0.2) is 0 Å². The van der Waals surface area contributed by atoms with E-state index >= 15 is 0 Å². The highest BCUT2D eigenvalue weighted by Gasteiger charge is 2.23. The molecule has 3 nitrogen and oxygen atoms in total. The molecule has 0 aliphatic carbocycles. The van der Waals surface area contributed by atoms with Crippen LogP contribution in [0.2, 0.25) is 0 Å². The lowest BCUT2D eigenvalue weighted by atomic mass is 9.96. The van der Waals surface area contributed by atoms with Gasteiger partial charge in [-0.15, -0.1) is 0 Å². The quantitative estimate of drug-likeness (QED) is 0.889. The first-order chi connectivity index (χ1) is 8.74. The monoisotopic (exact) mass is 248 g/mol. The zero-order valence-electron chi connectivity index (χ0n) is 11.4. The highest BCUT2D eigenvalue weighted by atomic mass is 16.5. The van der Waals surface area contributed by atoms with Crippen LogP contribution in [0, 0.1) is 5.92 Å². The number of rotatable bonds is 4. The molecule has 1 saturated heterocycles. The van der Waals surface area contributed by atoms with Crippen LogP contribution in [-0.4, -0.2) is 31.6 Å². The maximum absolute atomic E-state index is 5.98. The summed E-state index contributed by atoms with van der Waals surface area (Å²) in [6.07, 6.45) is 2.63. The molecule has 0 unspecified atom stereocenters. The Morgan fingerprint density at radius 2 is 2.11 bits per heavy atom. The number of nitrogens with two attached hydrogens (primary N) is 1. The Morgan fingerprint density at radius 3 is 2.67 bits per heavy atom. The molecular formula is C15H24N2O. The minimum absolute atomic E-state index is 0.346. The van der Waals surface area contributed by atoms with Crippen molar-refractivity contribution in [1.29, 1.82) is 0 Å². The Hall–Kier alpha value is -1.06. The largest absolute Gasteiger partial charge is 0.497 e. The van der Waals surface area contributed by atoms with Crippen molar-refractivity contribution in [2.75, 3.05) is 26.7 Å². The Labute approximate surface area is 110 Å². The van der Waals surface area contributed by atoms with Gasteiger partial charge in [-0.25, -0.2) is 0 Å².